The molecule has 2 heterocycles. The lowest BCUT2D eigenvalue weighted by Crippen LogP contribution is -2.24. The highest BCUT2D eigenvalue weighted by Crippen LogP contribution is 2.19. The van der Waals surface area contributed by atoms with E-state index in [0.29, 0.717) is 36.0 Å². The molecule has 0 bridgehead atoms. The standard InChI is InChI=1S/C21H23FN4O2/c1-25(2)16-7-5-15(6-8-16)20(27)13-18-21(28)26(12-4-3-10-22)19-14-23-11-9-17(19)24-18/h5-9,11,13-14,27H,3-4,10,12H2,1-2H3/b20-13-. The molecule has 146 valence electrons. The Bertz CT molecular complexity index is 1040. The summed E-state index contributed by atoms with van der Waals surface area (Å²) in [5.74, 6) is -0.0429. The highest BCUT2D eigenvalue weighted by atomic mass is 19.1. The van der Waals surface area contributed by atoms with Crippen LogP contribution < -0.4 is 10.5 Å². The molecule has 2 aromatic heterocycles. The number of anilines is 1. The van der Waals surface area contributed by atoms with Crippen LogP contribution in [-0.2, 0) is 6.54 Å². The van der Waals surface area contributed by atoms with Gasteiger partial charge in [-0.3, -0.25) is 14.2 Å². The third-order valence-electron chi connectivity index (χ3n) is 4.49. The number of unbranched alkanes of at least 4 members (excludes halogenated alkanes) is 1. The van der Waals surface area contributed by atoms with Crippen molar-refractivity contribution in [3.05, 3.63) is 64.3 Å². The number of hydrogen-bond donors (Lipinski definition) is 1. The molecule has 0 saturated carbocycles. The van der Waals surface area contributed by atoms with Gasteiger partial charge in [0.2, 0.25) is 0 Å². The van der Waals surface area contributed by atoms with E-state index in [2.05, 4.69) is 9.97 Å². The number of aliphatic hydroxyl groups excluding tert-OH is 1. The molecule has 0 atom stereocenters. The average Bonchev–Trinajstić information content (AvgIpc) is 2.70. The molecule has 0 unspecified atom stereocenters. The quantitative estimate of drug-likeness (QED) is 0.499. The van der Waals surface area contributed by atoms with Crippen molar-refractivity contribution in [3.8, 4) is 0 Å². The Kier molecular flexibility index (Phi) is 6.03. The lowest BCUT2D eigenvalue weighted by molar-refractivity contribution is 0.447. The summed E-state index contributed by atoms with van der Waals surface area (Å²) in [6.07, 6.45) is 5.46. The summed E-state index contributed by atoms with van der Waals surface area (Å²) in [6, 6.07) is 9.04. The molecule has 0 aliphatic carbocycles. The molecule has 0 radical (unpaired) electrons. The van der Waals surface area contributed by atoms with E-state index >= 15 is 0 Å². The average molecular weight is 382 g/mol. The van der Waals surface area contributed by atoms with Crippen LogP contribution in [0.2, 0.25) is 0 Å². The van der Waals surface area contributed by atoms with Crippen LogP contribution >= 0.6 is 0 Å². The molecule has 1 N–H and O–H groups in total. The number of fused-ring (bicyclic) bond motifs is 1. The summed E-state index contributed by atoms with van der Waals surface area (Å²) >= 11 is 0. The van der Waals surface area contributed by atoms with Gasteiger partial charge in [0.05, 0.1) is 23.9 Å². The van der Waals surface area contributed by atoms with Gasteiger partial charge in [-0.25, -0.2) is 4.98 Å². The first-order chi connectivity index (χ1) is 13.5. The Balaban J connectivity index is 2.03. The van der Waals surface area contributed by atoms with Gasteiger partial charge >= 0.3 is 0 Å². The number of halogens is 1. The van der Waals surface area contributed by atoms with E-state index in [1.807, 2.05) is 31.1 Å². The molecule has 0 fully saturated rings. The molecule has 28 heavy (non-hydrogen) atoms. The van der Waals surface area contributed by atoms with Crippen LogP contribution in [0.5, 0.6) is 0 Å². The Morgan fingerprint density at radius 3 is 2.64 bits per heavy atom. The van der Waals surface area contributed by atoms with Gasteiger partial charge in [0, 0.05) is 44.2 Å². The van der Waals surface area contributed by atoms with E-state index < -0.39 is 6.67 Å². The molecule has 0 saturated heterocycles. The normalized spacial score (nSPS) is 11.8. The van der Waals surface area contributed by atoms with Gasteiger partial charge in [-0.05, 0) is 43.2 Å². The number of aliphatic hydroxyl groups is 1. The second-order valence-corrected chi connectivity index (χ2v) is 6.69. The maximum atomic E-state index is 12.9. The van der Waals surface area contributed by atoms with E-state index in [1.54, 1.807) is 35.2 Å². The second-order valence-electron chi connectivity index (χ2n) is 6.69. The molecule has 1 aromatic carbocycles. The van der Waals surface area contributed by atoms with Crippen molar-refractivity contribution in [1.29, 1.82) is 0 Å². The fraction of sp³-hybridized carbons (Fsp3) is 0.286. The number of hydrogen-bond acceptors (Lipinski definition) is 5. The van der Waals surface area contributed by atoms with Crippen molar-refractivity contribution in [3.63, 3.8) is 0 Å². The topological polar surface area (TPSA) is 71.2 Å². The Morgan fingerprint density at radius 2 is 1.96 bits per heavy atom. The number of benzene rings is 1. The molecular weight excluding hydrogens is 359 g/mol. The van der Waals surface area contributed by atoms with Crippen LogP contribution in [0.1, 0.15) is 24.1 Å². The Morgan fingerprint density at radius 1 is 1.21 bits per heavy atom. The van der Waals surface area contributed by atoms with Crippen molar-refractivity contribution >= 4 is 28.6 Å². The van der Waals surface area contributed by atoms with E-state index in [1.165, 1.54) is 6.08 Å². The zero-order chi connectivity index (χ0) is 20.1. The predicted molar refractivity (Wildman–Crippen MR) is 110 cm³/mol. The first-order valence-corrected chi connectivity index (χ1v) is 9.10. The van der Waals surface area contributed by atoms with Gasteiger partial charge in [-0.2, -0.15) is 0 Å². The lowest BCUT2D eigenvalue weighted by atomic mass is 10.1. The molecule has 7 heteroatoms. The second kappa shape index (κ2) is 8.65. The number of rotatable bonds is 7. The van der Waals surface area contributed by atoms with Crippen LogP contribution in [0.25, 0.3) is 22.9 Å². The third-order valence-corrected chi connectivity index (χ3v) is 4.49. The maximum absolute atomic E-state index is 12.9. The monoisotopic (exact) mass is 382 g/mol. The van der Waals surface area contributed by atoms with Crippen molar-refractivity contribution in [2.75, 3.05) is 25.7 Å². The first kappa shape index (κ1) is 19.5. The van der Waals surface area contributed by atoms with Crippen LogP contribution in [0.15, 0.2) is 47.5 Å². The SMILES string of the molecule is CN(C)c1ccc(/C(O)=C/c2nc3ccncc3n(CCCCF)c2=O)cc1. The van der Waals surface area contributed by atoms with E-state index in [9.17, 15) is 14.3 Å². The van der Waals surface area contributed by atoms with Crippen molar-refractivity contribution in [2.45, 2.75) is 19.4 Å². The number of alkyl halides is 1. The number of aromatic nitrogens is 3. The summed E-state index contributed by atoms with van der Waals surface area (Å²) in [7, 11) is 3.87. The molecule has 3 aromatic rings. The number of nitrogens with zero attached hydrogens (tertiary/aromatic N) is 4. The molecule has 0 amide bonds. The summed E-state index contributed by atoms with van der Waals surface area (Å²) < 4.78 is 14.0. The van der Waals surface area contributed by atoms with Gasteiger partial charge in [-0.15, -0.1) is 0 Å². The molecule has 0 aliphatic rings. The van der Waals surface area contributed by atoms with Crippen molar-refractivity contribution in [2.24, 2.45) is 0 Å². The van der Waals surface area contributed by atoms with E-state index in [4.69, 9.17) is 0 Å². The number of pyridine rings is 1. The Hall–Kier alpha value is -3.22. The van der Waals surface area contributed by atoms with E-state index in [-0.39, 0.29) is 17.0 Å². The zero-order valence-electron chi connectivity index (χ0n) is 16.0. The summed E-state index contributed by atoms with van der Waals surface area (Å²) in [6.45, 7) is -0.0564. The van der Waals surface area contributed by atoms with Crippen molar-refractivity contribution < 1.29 is 9.50 Å². The minimum atomic E-state index is -0.424. The van der Waals surface area contributed by atoms with Crippen LogP contribution in [0, 0.1) is 0 Å². The van der Waals surface area contributed by atoms with Gasteiger partial charge in [0.15, 0.2) is 0 Å². The van der Waals surface area contributed by atoms with Crippen LogP contribution in [0.4, 0.5) is 10.1 Å². The summed E-state index contributed by atoms with van der Waals surface area (Å²) in [4.78, 5) is 23.3. The highest BCUT2D eigenvalue weighted by Gasteiger charge is 2.11. The fourth-order valence-corrected chi connectivity index (χ4v) is 2.93. The molecule has 0 spiro atoms. The number of aryl methyl sites for hydroxylation is 1. The highest BCUT2D eigenvalue weighted by molar-refractivity contribution is 5.79. The van der Waals surface area contributed by atoms with Crippen molar-refractivity contribution in [1.82, 2.24) is 14.5 Å². The smallest absolute Gasteiger partial charge is 0.277 e. The van der Waals surface area contributed by atoms with Gasteiger partial charge in [0.25, 0.3) is 5.56 Å². The minimum absolute atomic E-state index is 0.0429. The van der Waals surface area contributed by atoms with Crippen LogP contribution in [0.3, 0.4) is 0 Å². The Labute approximate surface area is 162 Å². The van der Waals surface area contributed by atoms with Gasteiger partial charge in [-0.1, -0.05) is 0 Å². The fourth-order valence-electron chi connectivity index (χ4n) is 2.93. The molecule has 6 nitrogen and oxygen atoms in total. The van der Waals surface area contributed by atoms with Crippen LogP contribution in [-0.4, -0.2) is 40.4 Å². The maximum Gasteiger partial charge on any atom is 0.277 e. The molecule has 3 rings (SSSR count). The largest absolute Gasteiger partial charge is 0.507 e. The lowest BCUT2D eigenvalue weighted by Gasteiger charge is -2.12. The molecular formula is C21H23FN4O2. The predicted octanol–water partition coefficient (Wildman–Crippen LogP) is 3.66. The third kappa shape index (κ3) is 4.19. The van der Waals surface area contributed by atoms with Gasteiger partial charge < -0.3 is 14.6 Å². The molecule has 0 aliphatic heterocycles. The van der Waals surface area contributed by atoms with E-state index in [0.717, 1.165) is 5.69 Å². The van der Waals surface area contributed by atoms with Gasteiger partial charge in [0.1, 0.15) is 11.5 Å². The summed E-state index contributed by atoms with van der Waals surface area (Å²) in [5, 5.41) is 10.5. The zero-order valence-corrected chi connectivity index (χ0v) is 16.0. The summed E-state index contributed by atoms with van der Waals surface area (Å²) in [5.41, 5.74) is 2.58. The first-order valence-electron chi connectivity index (χ1n) is 9.10. The minimum Gasteiger partial charge on any atom is -0.507 e.